The Labute approximate surface area is 159 Å². The van der Waals surface area contributed by atoms with Crippen molar-refractivity contribution in [1.82, 2.24) is 15.1 Å². The lowest BCUT2D eigenvalue weighted by atomic mass is 10.1. The Morgan fingerprint density at radius 2 is 1.88 bits per heavy atom. The van der Waals surface area contributed by atoms with Gasteiger partial charge >= 0.3 is 0 Å². The fourth-order valence-electron chi connectivity index (χ4n) is 3.36. The minimum Gasteiger partial charge on any atom is -0.497 e. The number of hydrogen-bond donors (Lipinski definition) is 1. The summed E-state index contributed by atoms with van der Waals surface area (Å²) in [5, 5.41) is 3.24. The van der Waals surface area contributed by atoms with E-state index in [0.29, 0.717) is 19.5 Å². The third-order valence-electron chi connectivity index (χ3n) is 4.96. The Bertz CT molecular complexity index is 617. The van der Waals surface area contributed by atoms with Crippen LogP contribution in [-0.4, -0.2) is 72.6 Å². The van der Waals surface area contributed by atoms with E-state index in [1.165, 1.54) is 0 Å². The van der Waals surface area contributed by atoms with Crippen molar-refractivity contribution in [1.29, 1.82) is 0 Å². The number of benzene rings is 1. The highest BCUT2D eigenvalue weighted by molar-refractivity contribution is 7.99. The van der Waals surface area contributed by atoms with Crippen molar-refractivity contribution >= 4 is 23.6 Å². The van der Waals surface area contributed by atoms with Crippen molar-refractivity contribution in [3.63, 3.8) is 0 Å². The van der Waals surface area contributed by atoms with Gasteiger partial charge in [0.1, 0.15) is 5.75 Å². The molecule has 7 heteroatoms. The highest BCUT2D eigenvalue weighted by Crippen LogP contribution is 2.15. The molecule has 1 aromatic carbocycles. The average Bonchev–Trinajstić information content (AvgIpc) is 3.10. The second kappa shape index (κ2) is 9.28. The number of ether oxygens (including phenoxy) is 1. The van der Waals surface area contributed by atoms with Crippen molar-refractivity contribution in [3.8, 4) is 5.75 Å². The van der Waals surface area contributed by atoms with E-state index in [9.17, 15) is 9.59 Å². The largest absolute Gasteiger partial charge is 0.497 e. The van der Waals surface area contributed by atoms with E-state index in [4.69, 9.17) is 4.74 Å². The number of methoxy groups -OCH3 is 1. The summed E-state index contributed by atoms with van der Waals surface area (Å²) in [4.78, 5) is 28.9. The number of carbonyl (C=O) groups excluding carboxylic acids is 2. The van der Waals surface area contributed by atoms with Crippen molar-refractivity contribution in [2.24, 2.45) is 0 Å². The summed E-state index contributed by atoms with van der Waals surface area (Å²) in [5.74, 6) is 2.87. The van der Waals surface area contributed by atoms with Crippen molar-refractivity contribution in [2.45, 2.75) is 25.3 Å². The molecule has 0 saturated carbocycles. The SMILES string of the molecule is COc1ccc(CCC(=O)N2CCCN(C(=O)C3CSCN3)CC2)cc1. The summed E-state index contributed by atoms with van der Waals surface area (Å²) in [6, 6.07) is 7.79. The number of carbonyl (C=O) groups is 2. The van der Waals surface area contributed by atoms with Crippen LogP contribution in [-0.2, 0) is 16.0 Å². The lowest BCUT2D eigenvalue weighted by Gasteiger charge is -2.24. The Balaban J connectivity index is 1.46. The Morgan fingerprint density at radius 3 is 2.58 bits per heavy atom. The Morgan fingerprint density at radius 1 is 1.15 bits per heavy atom. The maximum absolute atomic E-state index is 12.6. The van der Waals surface area contributed by atoms with E-state index in [0.717, 1.165) is 48.9 Å². The smallest absolute Gasteiger partial charge is 0.240 e. The van der Waals surface area contributed by atoms with Crippen LogP contribution >= 0.6 is 11.8 Å². The van der Waals surface area contributed by atoms with Crippen LogP contribution in [0.5, 0.6) is 5.75 Å². The molecule has 3 rings (SSSR count). The van der Waals surface area contributed by atoms with Crippen LogP contribution in [0.1, 0.15) is 18.4 Å². The van der Waals surface area contributed by atoms with Gasteiger partial charge in [-0.1, -0.05) is 12.1 Å². The number of aryl methyl sites for hydroxylation is 1. The van der Waals surface area contributed by atoms with Crippen molar-refractivity contribution in [2.75, 3.05) is 44.9 Å². The maximum Gasteiger partial charge on any atom is 0.240 e. The first-order valence-electron chi connectivity index (χ1n) is 9.18. The zero-order valence-corrected chi connectivity index (χ0v) is 16.1. The molecule has 6 nitrogen and oxygen atoms in total. The molecule has 1 atom stereocenters. The minimum absolute atomic E-state index is 0.0580. The summed E-state index contributed by atoms with van der Waals surface area (Å²) in [5.41, 5.74) is 1.13. The topological polar surface area (TPSA) is 61.9 Å². The van der Waals surface area contributed by atoms with Gasteiger partial charge in [0, 0.05) is 44.2 Å². The molecule has 2 heterocycles. The predicted octanol–water partition coefficient (Wildman–Crippen LogP) is 1.35. The molecule has 142 valence electrons. The van der Waals surface area contributed by atoms with Crippen molar-refractivity contribution < 1.29 is 14.3 Å². The second-order valence-corrected chi connectivity index (χ2v) is 7.71. The summed E-state index contributed by atoms with van der Waals surface area (Å²) in [6.45, 7) is 2.74. The van der Waals surface area contributed by atoms with Crippen LogP contribution < -0.4 is 10.1 Å². The maximum atomic E-state index is 12.6. The molecule has 1 aromatic rings. The molecule has 0 bridgehead atoms. The monoisotopic (exact) mass is 377 g/mol. The second-order valence-electron chi connectivity index (χ2n) is 6.68. The van der Waals surface area contributed by atoms with Gasteiger partial charge in [-0.15, -0.1) is 11.8 Å². The molecule has 1 N–H and O–H groups in total. The van der Waals surface area contributed by atoms with Crippen LogP contribution in [0.2, 0.25) is 0 Å². The lowest BCUT2D eigenvalue weighted by Crippen LogP contribution is -2.46. The van der Waals surface area contributed by atoms with Gasteiger partial charge in [0.2, 0.25) is 11.8 Å². The van der Waals surface area contributed by atoms with Gasteiger partial charge in [0.25, 0.3) is 0 Å². The van der Waals surface area contributed by atoms with E-state index in [-0.39, 0.29) is 17.9 Å². The third kappa shape index (κ3) is 4.92. The molecule has 0 aliphatic carbocycles. The number of nitrogens with zero attached hydrogens (tertiary/aromatic N) is 2. The molecule has 2 fully saturated rings. The fourth-order valence-corrected chi connectivity index (χ4v) is 4.30. The molecule has 0 aromatic heterocycles. The summed E-state index contributed by atoms with van der Waals surface area (Å²) >= 11 is 1.76. The molecule has 1 unspecified atom stereocenters. The number of hydrogen-bond acceptors (Lipinski definition) is 5. The van der Waals surface area contributed by atoms with Crippen molar-refractivity contribution in [3.05, 3.63) is 29.8 Å². The number of amides is 2. The summed E-state index contributed by atoms with van der Waals surface area (Å²) in [7, 11) is 1.65. The van der Waals surface area contributed by atoms with Gasteiger partial charge in [0.15, 0.2) is 0 Å². The van der Waals surface area contributed by atoms with Gasteiger partial charge in [0.05, 0.1) is 13.2 Å². The van der Waals surface area contributed by atoms with E-state index in [1.54, 1.807) is 18.9 Å². The average molecular weight is 378 g/mol. The first kappa shape index (κ1) is 19.0. The fraction of sp³-hybridized carbons (Fsp3) is 0.579. The molecule has 2 saturated heterocycles. The lowest BCUT2D eigenvalue weighted by molar-refractivity contribution is -0.134. The van der Waals surface area contributed by atoms with Gasteiger partial charge in [-0.3, -0.25) is 14.9 Å². The van der Waals surface area contributed by atoms with Crippen LogP contribution in [0.4, 0.5) is 0 Å². The van der Waals surface area contributed by atoms with Crippen LogP contribution in [0.25, 0.3) is 0 Å². The van der Waals surface area contributed by atoms with E-state index in [2.05, 4.69) is 5.32 Å². The van der Waals surface area contributed by atoms with E-state index in [1.807, 2.05) is 34.1 Å². The molecule has 0 spiro atoms. The van der Waals surface area contributed by atoms with Gasteiger partial charge < -0.3 is 14.5 Å². The van der Waals surface area contributed by atoms with Gasteiger partial charge in [-0.25, -0.2) is 0 Å². The Kier molecular flexibility index (Phi) is 6.80. The Hall–Kier alpha value is -1.73. The standard InChI is InChI=1S/C19H27N3O3S/c1-25-16-6-3-15(4-7-16)5-8-18(23)21-9-2-10-22(12-11-21)19(24)17-13-26-14-20-17/h3-4,6-7,17,20H,2,5,8-14H2,1H3. The molecule has 2 amide bonds. The molecular formula is C19H27N3O3S. The normalized spacial score (nSPS) is 20.7. The zero-order valence-electron chi connectivity index (χ0n) is 15.3. The summed E-state index contributed by atoms with van der Waals surface area (Å²) in [6.07, 6.45) is 2.08. The first-order valence-corrected chi connectivity index (χ1v) is 10.3. The molecule has 2 aliphatic rings. The first-order chi connectivity index (χ1) is 12.7. The van der Waals surface area contributed by atoms with Gasteiger partial charge in [-0.05, 0) is 30.5 Å². The number of thioether (sulfide) groups is 1. The highest BCUT2D eigenvalue weighted by atomic mass is 32.2. The zero-order chi connectivity index (χ0) is 18.4. The van der Waals surface area contributed by atoms with Crippen LogP contribution in [0, 0.1) is 0 Å². The highest BCUT2D eigenvalue weighted by Gasteiger charge is 2.29. The molecule has 0 radical (unpaired) electrons. The number of nitrogens with one attached hydrogen (secondary N) is 1. The third-order valence-corrected chi connectivity index (χ3v) is 5.90. The van der Waals surface area contributed by atoms with Crippen LogP contribution in [0.15, 0.2) is 24.3 Å². The van der Waals surface area contributed by atoms with Crippen LogP contribution in [0.3, 0.4) is 0 Å². The van der Waals surface area contributed by atoms with E-state index >= 15 is 0 Å². The minimum atomic E-state index is -0.0580. The predicted molar refractivity (Wildman–Crippen MR) is 103 cm³/mol. The van der Waals surface area contributed by atoms with E-state index < -0.39 is 0 Å². The number of rotatable bonds is 5. The quantitative estimate of drug-likeness (QED) is 0.839. The summed E-state index contributed by atoms with van der Waals surface area (Å²) < 4.78 is 5.16. The van der Waals surface area contributed by atoms with Gasteiger partial charge in [-0.2, -0.15) is 0 Å². The molecule has 26 heavy (non-hydrogen) atoms. The molecular weight excluding hydrogens is 350 g/mol. The molecule has 2 aliphatic heterocycles.